The fraction of sp³-hybridized carbons (Fsp3) is 0.333. The van der Waals surface area contributed by atoms with Crippen LogP contribution in [0.25, 0.3) is 10.4 Å². The van der Waals surface area contributed by atoms with Crippen LogP contribution in [0.4, 0.5) is 0 Å². The predicted molar refractivity (Wildman–Crippen MR) is 104 cm³/mol. The normalized spacial score (nSPS) is 22.2. The van der Waals surface area contributed by atoms with Gasteiger partial charge < -0.3 is 4.57 Å². The number of hydrogen-bond acceptors (Lipinski definition) is 4. The number of thiophene rings is 1. The lowest BCUT2D eigenvalue weighted by Crippen LogP contribution is -2.47. The maximum atomic E-state index is 12.5. The summed E-state index contributed by atoms with van der Waals surface area (Å²) in [6.07, 6.45) is 3.05. The molecule has 5 rings (SSSR count). The largest absolute Gasteiger partial charge is 0.311 e. The quantitative estimate of drug-likeness (QED) is 0.714. The minimum atomic E-state index is 0.146. The van der Waals surface area contributed by atoms with E-state index >= 15 is 0 Å². The molecule has 1 fully saturated rings. The van der Waals surface area contributed by atoms with Crippen molar-refractivity contribution in [2.45, 2.75) is 25.4 Å². The van der Waals surface area contributed by atoms with Gasteiger partial charge in [0.25, 0.3) is 5.56 Å². The third-order valence-corrected chi connectivity index (χ3v) is 6.47. The molecule has 2 aliphatic rings. The highest BCUT2D eigenvalue weighted by Gasteiger charge is 2.36. The van der Waals surface area contributed by atoms with Crippen molar-refractivity contribution in [2.75, 3.05) is 13.1 Å². The molecule has 0 amide bonds. The van der Waals surface area contributed by atoms with Gasteiger partial charge in [0.1, 0.15) is 0 Å². The second-order valence-electron chi connectivity index (χ2n) is 7.37. The Bertz CT molecular complexity index is 965. The zero-order valence-electron chi connectivity index (χ0n) is 14.5. The summed E-state index contributed by atoms with van der Waals surface area (Å²) in [7, 11) is 0. The molecule has 3 aromatic rings. The molecule has 0 saturated carbocycles. The molecule has 2 unspecified atom stereocenters. The van der Waals surface area contributed by atoms with Crippen molar-refractivity contribution in [1.82, 2.24) is 14.5 Å². The zero-order valence-corrected chi connectivity index (χ0v) is 15.4. The number of piperidine rings is 1. The maximum Gasteiger partial charge on any atom is 0.250 e. The van der Waals surface area contributed by atoms with Crippen molar-refractivity contribution in [3.05, 3.63) is 75.8 Å². The van der Waals surface area contributed by atoms with E-state index in [1.54, 1.807) is 17.4 Å². The second-order valence-corrected chi connectivity index (χ2v) is 8.32. The van der Waals surface area contributed by atoms with Crippen molar-refractivity contribution in [3.63, 3.8) is 0 Å². The van der Waals surface area contributed by atoms with Crippen LogP contribution in [0.15, 0.2) is 58.8 Å². The minimum absolute atomic E-state index is 0.146. The molecule has 132 valence electrons. The van der Waals surface area contributed by atoms with Gasteiger partial charge >= 0.3 is 0 Å². The van der Waals surface area contributed by atoms with Crippen LogP contribution in [0.2, 0.25) is 0 Å². The van der Waals surface area contributed by atoms with Crippen LogP contribution in [-0.4, -0.2) is 27.5 Å². The Labute approximate surface area is 156 Å². The molecule has 3 aromatic heterocycles. The molecule has 0 radical (unpaired) electrons. The molecule has 0 aromatic carbocycles. The van der Waals surface area contributed by atoms with E-state index in [0.717, 1.165) is 31.9 Å². The number of fused-ring (bicyclic) bond motifs is 4. The molecule has 5 heteroatoms. The third-order valence-electron chi connectivity index (χ3n) is 5.56. The Kier molecular flexibility index (Phi) is 3.98. The van der Waals surface area contributed by atoms with Crippen LogP contribution in [0.5, 0.6) is 0 Å². The molecule has 0 N–H and O–H groups in total. The van der Waals surface area contributed by atoms with E-state index in [-0.39, 0.29) is 5.56 Å². The Balaban J connectivity index is 1.51. The number of hydrogen-bond donors (Lipinski definition) is 0. The summed E-state index contributed by atoms with van der Waals surface area (Å²) in [5, 5.41) is 2.11. The third kappa shape index (κ3) is 2.81. The summed E-state index contributed by atoms with van der Waals surface area (Å²) >= 11 is 1.75. The first kappa shape index (κ1) is 16.0. The Morgan fingerprint density at radius 2 is 2.04 bits per heavy atom. The van der Waals surface area contributed by atoms with E-state index in [0.29, 0.717) is 11.8 Å². The first-order valence-electron chi connectivity index (χ1n) is 9.18. The molecule has 5 heterocycles. The second kappa shape index (κ2) is 6.49. The zero-order chi connectivity index (χ0) is 17.5. The minimum Gasteiger partial charge on any atom is -0.311 e. The van der Waals surface area contributed by atoms with Gasteiger partial charge in [-0.15, -0.1) is 11.3 Å². The number of pyridine rings is 2. The highest BCUT2D eigenvalue weighted by atomic mass is 32.1. The average molecular weight is 363 g/mol. The van der Waals surface area contributed by atoms with Gasteiger partial charge in [-0.2, -0.15) is 0 Å². The first-order valence-corrected chi connectivity index (χ1v) is 10.1. The van der Waals surface area contributed by atoms with E-state index in [1.165, 1.54) is 22.6 Å². The molecular weight excluding hydrogens is 342 g/mol. The van der Waals surface area contributed by atoms with Crippen molar-refractivity contribution < 1.29 is 0 Å². The summed E-state index contributed by atoms with van der Waals surface area (Å²) in [6.45, 7) is 3.76. The lowest BCUT2D eigenvalue weighted by atomic mass is 9.81. The fourth-order valence-electron chi connectivity index (χ4n) is 4.60. The van der Waals surface area contributed by atoms with Crippen LogP contribution >= 0.6 is 11.3 Å². The Morgan fingerprint density at radius 1 is 1.08 bits per heavy atom. The SMILES string of the molecule is O=c1ccc(-c2cccs2)c2n1CC1CC2CN(Cc2ccccn2)C1. The van der Waals surface area contributed by atoms with Gasteiger partial charge in [0, 0.05) is 60.5 Å². The van der Waals surface area contributed by atoms with Gasteiger partial charge in [-0.1, -0.05) is 12.1 Å². The van der Waals surface area contributed by atoms with Crippen molar-refractivity contribution >= 4 is 11.3 Å². The Morgan fingerprint density at radius 3 is 2.85 bits per heavy atom. The van der Waals surface area contributed by atoms with Crippen LogP contribution in [0, 0.1) is 5.92 Å². The van der Waals surface area contributed by atoms with E-state index in [1.807, 2.05) is 22.9 Å². The highest BCUT2D eigenvalue weighted by molar-refractivity contribution is 7.13. The van der Waals surface area contributed by atoms with Gasteiger partial charge in [-0.3, -0.25) is 14.7 Å². The number of rotatable bonds is 3. The van der Waals surface area contributed by atoms with Gasteiger partial charge in [0.2, 0.25) is 0 Å². The lowest BCUT2D eigenvalue weighted by Gasteiger charge is -2.43. The average Bonchev–Trinajstić information content (AvgIpc) is 3.18. The molecule has 0 spiro atoms. The fourth-order valence-corrected chi connectivity index (χ4v) is 5.36. The Hall–Kier alpha value is -2.24. The predicted octanol–water partition coefficient (Wildman–Crippen LogP) is 3.59. The summed E-state index contributed by atoms with van der Waals surface area (Å²) in [5.41, 5.74) is 3.74. The topological polar surface area (TPSA) is 38.1 Å². The monoisotopic (exact) mass is 363 g/mol. The summed E-state index contributed by atoms with van der Waals surface area (Å²) in [6, 6.07) is 14.1. The molecule has 1 saturated heterocycles. The molecule has 2 atom stereocenters. The maximum absolute atomic E-state index is 12.5. The molecular formula is C21H21N3OS. The van der Waals surface area contributed by atoms with Gasteiger partial charge in [-0.25, -0.2) is 0 Å². The number of likely N-dealkylation sites (tertiary alicyclic amines) is 1. The van der Waals surface area contributed by atoms with Crippen LogP contribution in [0.1, 0.15) is 23.7 Å². The number of nitrogens with zero attached hydrogens (tertiary/aromatic N) is 3. The van der Waals surface area contributed by atoms with Gasteiger partial charge in [0.05, 0.1) is 5.69 Å². The van der Waals surface area contributed by atoms with E-state index in [4.69, 9.17) is 0 Å². The number of aromatic nitrogens is 2. The van der Waals surface area contributed by atoms with E-state index in [2.05, 4.69) is 39.5 Å². The lowest BCUT2D eigenvalue weighted by molar-refractivity contribution is 0.113. The van der Waals surface area contributed by atoms with Crippen LogP contribution < -0.4 is 5.56 Å². The van der Waals surface area contributed by atoms with E-state index < -0.39 is 0 Å². The molecule has 4 nitrogen and oxygen atoms in total. The van der Waals surface area contributed by atoms with E-state index in [9.17, 15) is 4.79 Å². The molecule has 2 aliphatic heterocycles. The van der Waals surface area contributed by atoms with Crippen molar-refractivity contribution in [2.24, 2.45) is 5.92 Å². The van der Waals surface area contributed by atoms with Gasteiger partial charge in [0.15, 0.2) is 0 Å². The molecule has 2 bridgehead atoms. The summed E-state index contributed by atoms with van der Waals surface area (Å²) in [4.78, 5) is 20.8. The van der Waals surface area contributed by atoms with Crippen LogP contribution in [-0.2, 0) is 13.1 Å². The van der Waals surface area contributed by atoms with Crippen molar-refractivity contribution in [3.8, 4) is 10.4 Å². The highest BCUT2D eigenvalue weighted by Crippen LogP contribution is 2.41. The van der Waals surface area contributed by atoms with Gasteiger partial charge in [-0.05, 0) is 42.0 Å². The summed E-state index contributed by atoms with van der Waals surface area (Å²) in [5.74, 6) is 0.957. The van der Waals surface area contributed by atoms with Crippen LogP contribution in [0.3, 0.4) is 0 Å². The molecule has 0 aliphatic carbocycles. The summed E-state index contributed by atoms with van der Waals surface area (Å²) < 4.78 is 2.05. The first-order chi connectivity index (χ1) is 12.8. The standard InChI is InChI=1S/C21H21N3OS/c25-20-7-6-18(19-5-3-9-26-19)21-16-10-15(12-24(20)21)11-23(13-16)14-17-4-1-2-8-22-17/h1-9,15-16H,10-14H2. The molecule has 26 heavy (non-hydrogen) atoms. The van der Waals surface area contributed by atoms with Crippen molar-refractivity contribution in [1.29, 1.82) is 0 Å². The smallest absolute Gasteiger partial charge is 0.250 e.